The van der Waals surface area contributed by atoms with E-state index < -0.39 is 0 Å². The molecule has 0 radical (unpaired) electrons. The first-order valence-corrected chi connectivity index (χ1v) is 9.78. The molecule has 1 saturated heterocycles. The number of urea groups is 1. The maximum Gasteiger partial charge on any atom is 0.318 e. The van der Waals surface area contributed by atoms with Crippen molar-refractivity contribution in [1.82, 2.24) is 20.1 Å². The van der Waals surface area contributed by atoms with Crippen LogP contribution < -0.4 is 5.32 Å². The van der Waals surface area contributed by atoms with Gasteiger partial charge >= 0.3 is 6.03 Å². The van der Waals surface area contributed by atoms with E-state index in [1.54, 1.807) is 0 Å². The van der Waals surface area contributed by atoms with Crippen LogP contribution in [0.4, 0.5) is 4.79 Å². The molecule has 5 heteroatoms. The van der Waals surface area contributed by atoms with Crippen LogP contribution in [-0.4, -0.2) is 47.5 Å². The Morgan fingerprint density at radius 2 is 2.00 bits per heavy atom. The minimum absolute atomic E-state index is 0.0182. The number of carbonyl (C=O) groups is 1. The van der Waals surface area contributed by atoms with Gasteiger partial charge in [-0.1, -0.05) is 36.4 Å². The molecule has 0 spiro atoms. The molecule has 0 saturated carbocycles. The summed E-state index contributed by atoms with van der Waals surface area (Å²) in [6.07, 6.45) is 2.39. The highest BCUT2D eigenvalue weighted by atomic mass is 16.2. The van der Waals surface area contributed by atoms with Crippen LogP contribution in [0.2, 0.25) is 0 Å². The van der Waals surface area contributed by atoms with Crippen LogP contribution in [0.3, 0.4) is 0 Å². The van der Waals surface area contributed by atoms with Gasteiger partial charge in [-0.25, -0.2) is 4.79 Å². The van der Waals surface area contributed by atoms with Crippen LogP contribution in [-0.2, 0) is 13.1 Å². The van der Waals surface area contributed by atoms with Gasteiger partial charge in [0.05, 0.1) is 12.2 Å². The monoisotopic (exact) mass is 366 g/mol. The minimum Gasteiger partial charge on any atom is -0.338 e. The Kier molecular flexibility index (Phi) is 6.82. The van der Waals surface area contributed by atoms with Gasteiger partial charge in [0.15, 0.2) is 0 Å². The van der Waals surface area contributed by atoms with Crippen LogP contribution >= 0.6 is 0 Å². The molecule has 144 valence electrons. The van der Waals surface area contributed by atoms with Crippen LogP contribution in [0.1, 0.15) is 29.8 Å². The van der Waals surface area contributed by atoms with Gasteiger partial charge in [-0.05, 0) is 57.0 Å². The Hall–Kier alpha value is -2.40. The second kappa shape index (κ2) is 9.51. The van der Waals surface area contributed by atoms with E-state index in [0.29, 0.717) is 19.0 Å². The molecule has 1 aromatic heterocycles. The number of hydrogen-bond donors (Lipinski definition) is 1. The smallest absolute Gasteiger partial charge is 0.318 e. The number of nitrogens with zero attached hydrogens (tertiary/aromatic N) is 3. The fourth-order valence-corrected chi connectivity index (χ4v) is 3.67. The molecule has 3 rings (SSSR count). The third-order valence-electron chi connectivity index (χ3n) is 5.07. The molecule has 1 fully saturated rings. The van der Waals surface area contributed by atoms with Gasteiger partial charge in [-0.2, -0.15) is 0 Å². The summed E-state index contributed by atoms with van der Waals surface area (Å²) in [6.45, 7) is 6.00. The summed E-state index contributed by atoms with van der Waals surface area (Å²) in [5.41, 5.74) is 3.01. The van der Waals surface area contributed by atoms with E-state index in [4.69, 9.17) is 0 Å². The second-order valence-electron chi connectivity index (χ2n) is 7.57. The molecule has 1 atom stereocenters. The van der Waals surface area contributed by atoms with E-state index in [2.05, 4.69) is 34.4 Å². The summed E-state index contributed by atoms with van der Waals surface area (Å²) in [5.74, 6) is 0.531. The molecule has 1 unspecified atom stereocenters. The molecule has 1 aliphatic heterocycles. The summed E-state index contributed by atoms with van der Waals surface area (Å²) in [5, 5.41) is 3.16. The Bertz CT molecular complexity index is 734. The van der Waals surface area contributed by atoms with Gasteiger partial charge in [0.1, 0.15) is 0 Å². The summed E-state index contributed by atoms with van der Waals surface area (Å²) < 4.78 is 0. The van der Waals surface area contributed by atoms with E-state index >= 15 is 0 Å². The number of aromatic nitrogens is 1. The number of pyridine rings is 1. The van der Waals surface area contributed by atoms with E-state index in [1.807, 2.05) is 48.2 Å². The number of nitrogens with one attached hydrogen (secondary N) is 1. The molecule has 27 heavy (non-hydrogen) atoms. The molecular formula is C22H30N4O. The Balaban J connectivity index is 1.65. The van der Waals surface area contributed by atoms with Gasteiger partial charge in [0, 0.05) is 25.3 Å². The Morgan fingerprint density at radius 1 is 1.19 bits per heavy atom. The van der Waals surface area contributed by atoms with E-state index in [9.17, 15) is 4.79 Å². The van der Waals surface area contributed by atoms with Crippen molar-refractivity contribution in [2.75, 3.05) is 26.7 Å². The van der Waals surface area contributed by atoms with Gasteiger partial charge in [0.2, 0.25) is 0 Å². The summed E-state index contributed by atoms with van der Waals surface area (Å²) in [7, 11) is 2.15. The molecule has 1 aliphatic rings. The van der Waals surface area contributed by atoms with Crippen LogP contribution in [0.15, 0.2) is 48.5 Å². The first-order valence-electron chi connectivity index (χ1n) is 9.78. The number of hydrogen-bond acceptors (Lipinski definition) is 3. The van der Waals surface area contributed by atoms with Gasteiger partial charge in [-0.15, -0.1) is 0 Å². The van der Waals surface area contributed by atoms with Crippen LogP contribution in [0.5, 0.6) is 0 Å². The summed E-state index contributed by atoms with van der Waals surface area (Å²) in [6, 6.07) is 16.1. The van der Waals surface area contributed by atoms with Crippen LogP contribution in [0, 0.1) is 12.8 Å². The zero-order valence-electron chi connectivity index (χ0n) is 16.4. The van der Waals surface area contributed by atoms with Crippen LogP contribution in [0.25, 0.3) is 0 Å². The first-order chi connectivity index (χ1) is 13.1. The third kappa shape index (κ3) is 6.07. The van der Waals surface area contributed by atoms with Gasteiger partial charge < -0.3 is 15.1 Å². The van der Waals surface area contributed by atoms with Crippen molar-refractivity contribution in [3.8, 4) is 0 Å². The predicted molar refractivity (Wildman–Crippen MR) is 108 cm³/mol. The molecule has 2 amide bonds. The lowest BCUT2D eigenvalue weighted by atomic mass is 9.99. The Morgan fingerprint density at radius 3 is 2.74 bits per heavy atom. The highest BCUT2D eigenvalue weighted by Gasteiger charge is 2.20. The molecule has 0 aliphatic carbocycles. The molecular weight excluding hydrogens is 336 g/mol. The molecule has 2 heterocycles. The SMILES string of the molecule is Cc1cccc(CN(Cc2ccccc2)C(=O)NCC2CCCN(C)C2)n1. The zero-order chi connectivity index (χ0) is 19.1. The fourth-order valence-electron chi connectivity index (χ4n) is 3.67. The number of aryl methyl sites for hydroxylation is 1. The maximum absolute atomic E-state index is 12.9. The molecule has 1 aromatic carbocycles. The van der Waals surface area contributed by atoms with Gasteiger partial charge in [0.25, 0.3) is 0 Å². The first kappa shape index (κ1) is 19.4. The van der Waals surface area contributed by atoms with Crippen molar-refractivity contribution in [1.29, 1.82) is 0 Å². The molecule has 1 N–H and O–H groups in total. The molecule has 5 nitrogen and oxygen atoms in total. The van der Waals surface area contributed by atoms with E-state index in [0.717, 1.165) is 36.6 Å². The number of likely N-dealkylation sites (tertiary alicyclic amines) is 1. The number of rotatable bonds is 6. The van der Waals surface area contributed by atoms with Crippen molar-refractivity contribution >= 4 is 6.03 Å². The minimum atomic E-state index is -0.0182. The zero-order valence-corrected chi connectivity index (χ0v) is 16.4. The number of benzene rings is 1. The van der Waals surface area contributed by atoms with Gasteiger partial charge in [-0.3, -0.25) is 4.98 Å². The standard InChI is InChI=1S/C22H30N4O/c1-18-8-6-12-21(24-18)17-26(16-19-9-4-3-5-10-19)22(27)23-14-20-11-7-13-25(2)15-20/h3-6,8-10,12,20H,7,11,13-17H2,1-2H3,(H,23,27). The fraction of sp³-hybridized carbons (Fsp3) is 0.455. The lowest BCUT2D eigenvalue weighted by molar-refractivity contribution is 0.178. The average Bonchev–Trinajstić information content (AvgIpc) is 2.66. The summed E-state index contributed by atoms with van der Waals surface area (Å²) >= 11 is 0. The average molecular weight is 367 g/mol. The van der Waals surface area contributed by atoms with Crippen molar-refractivity contribution in [2.24, 2.45) is 5.92 Å². The topological polar surface area (TPSA) is 48.5 Å². The van der Waals surface area contributed by atoms with Crippen molar-refractivity contribution in [2.45, 2.75) is 32.9 Å². The highest BCUT2D eigenvalue weighted by Crippen LogP contribution is 2.15. The van der Waals surface area contributed by atoms with E-state index in [1.165, 1.54) is 12.8 Å². The van der Waals surface area contributed by atoms with Crippen molar-refractivity contribution in [3.63, 3.8) is 0 Å². The highest BCUT2D eigenvalue weighted by molar-refractivity contribution is 5.74. The second-order valence-corrected chi connectivity index (χ2v) is 7.57. The lowest BCUT2D eigenvalue weighted by Gasteiger charge is -2.30. The quantitative estimate of drug-likeness (QED) is 0.852. The number of amides is 2. The number of carbonyl (C=O) groups excluding carboxylic acids is 1. The predicted octanol–water partition coefficient (Wildman–Crippen LogP) is 3.44. The summed E-state index contributed by atoms with van der Waals surface area (Å²) in [4.78, 5) is 21.7. The van der Waals surface area contributed by atoms with Crippen molar-refractivity contribution < 1.29 is 4.79 Å². The normalized spacial score (nSPS) is 17.5. The molecule has 0 bridgehead atoms. The number of piperidine rings is 1. The molecule has 2 aromatic rings. The van der Waals surface area contributed by atoms with E-state index in [-0.39, 0.29) is 6.03 Å². The Labute approximate surface area is 162 Å². The van der Waals surface area contributed by atoms with Crippen molar-refractivity contribution in [3.05, 3.63) is 65.5 Å². The maximum atomic E-state index is 12.9. The third-order valence-corrected chi connectivity index (χ3v) is 5.07. The largest absolute Gasteiger partial charge is 0.338 e. The lowest BCUT2D eigenvalue weighted by Crippen LogP contribution is -2.44.